The van der Waals surface area contributed by atoms with E-state index in [0.717, 1.165) is 12.1 Å². The first-order chi connectivity index (χ1) is 8.66. The average molecular weight is 283 g/mol. The molecule has 0 aliphatic heterocycles. The first-order valence-electron chi connectivity index (χ1n) is 6.72. The maximum absolute atomic E-state index is 11.7. The largest absolute Gasteiger partial charge is 0.310 e. The van der Waals surface area contributed by atoms with Gasteiger partial charge in [-0.1, -0.05) is 39.8 Å². The first kappa shape index (κ1) is 16.2. The second-order valence-electron chi connectivity index (χ2n) is 6.02. The van der Waals surface area contributed by atoms with E-state index in [9.17, 15) is 8.42 Å². The molecule has 0 radical (unpaired) electrons. The number of nitrogens with one attached hydrogen (secondary N) is 1. The van der Waals surface area contributed by atoms with Gasteiger partial charge in [0.05, 0.1) is 10.6 Å². The Morgan fingerprint density at radius 3 is 2.11 bits per heavy atom. The predicted octanol–water partition coefficient (Wildman–Crippen LogP) is 3.00. The summed E-state index contributed by atoms with van der Waals surface area (Å²) < 4.78 is 23.4. The summed E-state index contributed by atoms with van der Waals surface area (Å²) in [5.74, 6) is 0.144. The second-order valence-corrected chi connectivity index (χ2v) is 8.29. The lowest BCUT2D eigenvalue weighted by molar-refractivity contribution is 0.285. The Bertz CT molecular complexity index is 498. The maximum Gasteiger partial charge on any atom is 0.178 e. The summed E-state index contributed by atoms with van der Waals surface area (Å²) in [5.41, 5.74) is 1.32. The highest BCUT2D eigenvalue weighted by Crippen LogP contribution is 2.19. The topological polar surface area (TPSA) is 46.2 Å². The van der Waals surface area contributed by atoms with Crippen molar-refractivity contribution in [1.29, 1.82) is 0 Å². The minimum Gasteiger partial charge on any atom is -0.310 e. The molecule has 4 heteroatoms. The van der Waals surface area contributed by atoms with Crippen LogP contribution in [0.4, 0.5) is 0 Å². The van der Waals surface area contributed by atoms with E-state index in [1.165, 1.54) is 0 Å². The van der Waals surface area contributed by atoms with Crippen molar-refractivity contribution in [2.24, 2.45) is 5.41 Å². The van der Waals surface area contributed by atoms with Crippen molar-refractivity contribution in [3.63, 3.8) is 0 Å². The highest BCUT2D eigenvalue weighted by molar-refractivity contribution is 7.91. The fourth-order valence-electron chi connectivity index (χ4n) is 1.56. The van der Waals surface area contributed by atoms with E-state index in [1.807, 2.05) is 12.1 Å². The molecule has 1 rings (SSSR count). The monoisotopic (exact) mass is 283 g/mol. The second kappa shape index (κ2) is 6.06. The van der Waals surface area contributed by atoms with Gasteiger partial charge < -0.3 is 5.32 Å². The SMILES string of the molecule is CCS(=O)(=O)c1ccc(CN[C@@H](C)C(C)(C)C)cc1. The zero-order chi connectivity index (χ0) is 14.7. The van der Waals surface area contributed by atoms with Crippen LogP contribution in [0.15, 0.2) is 29.2 Å². The minimum absolute atomic E-state index is 0.144. The number of sulfone groups is 1. The van der Waals surface area contributed by atoms with Crippen LogP contribution >= 0.6 is 0 Å². The van der Waals surface area contributed by atoms with Crippen molar-refractivity contribution >= 4 is 9.84 Å². The van der Waals surface area contributed by atoms with E-state index < -0.39 is 9.84 Å². The van der Waals surface area contributed by atoms with E-state index in [-0.39, 0.29) is 11.2 Å². The maximum atomic E-state index is 11.7. The van der Waals surface area contributed by atoms with Gasteiger partial charge >= 0.3 is 0 Å². The molecule has 1 atom stereocenters. The Morgan fingerprint density at radius 1 is 1.16 bits per heavy atom. The van der Waals surface area contributed by atoms with Crippen LogP contribution in [-0.2, 0) is 16.4 Å². The van der Waals surface area contributed by atoms with E-state index >= 15 is 0 Å². The van der Waals surface area contributed by atoms with Gasteiger partial charge in [-0.2, -0.15) is 0 Å². The quantitative estimate of drug-likeness (QED) is 0.903. The van der Waals surface area contributed by atoms with Crippen LogP contribution in [0.3, 0.4) is 0 Å². The summed E-state index contributed by atoms with van der Waals surface area (Å²) >= 11 is 0. The van der Waals surface area contributed by atoms with Gasteiger partial charge in [-0.15, -0.1) is 0 Å². The molecule has 0 saturated heterocycles. The van der Waals surface area contributed by atoms with Gasteiger partial charge in [-0.25, -0.2) is 8.42 Å². The van der Waals surface area contributed by atoms with E-state index in [0.29, 0.717) is 10.9 Å². The third kappa shape index (κ3) is 4.62. The van der Waals surface area contributed by atoms with Crippen LogP contribution < -0.4 is 5.32 Å². The lowest BCUT2D eigenvalue weighted by Crippen LogP contribution is -2.37. The standard InChI is InChI=1S/C15H25NO2S/c1-6-19(17,18)14-9-7-13(8-10-14)11-16-12(2)15(3,4)5/h7-10,12,16H,6,11H2,1-5H3/t12-/m0/s1. The average Bonchev–Trinajstić information content (AvgIpc) is 2.35. The van der Waals surface area contributed by atoms with Crippen LogP contribution in [0.5, 0.6) is 0 Å². The van der Waals surface area contributed by atoms with Gasteiger partial charge in [-0.05, 0) is 30.0 Å². The molecule has 0 unspecified atom stereocenters. The first-order valence-corrected chi connectivity index (χ1v) is 8.37. The molecule has 0 aliphatic carbocycles. The summed E-state index contributed by atoms with van der Waals surface area (Å²) in [6, 6.07) is 7.54. The Balaban J connectivity index is 2.69. The van der Waals surface area contributed by atoms with Gasteiger partial charge in [0.15, 0.2) is 9.84 Å². The number of hydrogen-bond donors (Lipinski definition) is 1. The molecule has 0 saturated carbocycles. The molecule has 1 aromatic rings. The van der Waals surface area contributed by atoms with Crippen LogP contribution in [0.2, 0.25) is 0 Å². The molecular weight excluding hydrogens is 258 g/mol. The number of hydrogen-bond acceptors (Lipinski definition) is 3. The minimum atomic E-state index is -3.09. The van der Waals surface area contributed by atoms with E-state index in [4.69, 9.17) is 0 Å². The molecule has 0 spiro atoms. The summed E-state index contributed by atoms with van der Waals surface area (Å²) in [6.07, 6.45) is 0. The third-order valence-electron chi connectivity index (χ3n) is 3.57. The van der Waals surface area contributed by atoms with Crippen LogP contribution in [0, 0.1) is 5.41 Å². The van der Waals surface area contributed by atoms with Gasteiger partial charge in [-0.3, -0.25) is 0 Å². The smallest absolute Gasteiger partial charge is 0.178 e. The molecule has 0 fully saturated rings. The van der Waals surface area contributed by atoms with Crippen molar-refractivity contribution in [2.45, 2.75) is 52.1 Å². The molecule has 19 heavy (non-hydrogen) atoms. The third-order valence-corrected chi connectivity index (χ3v) is 5.32. The van der Waals surface area contributed by atoms with E-state index in [1.54, 1.807) is 19.1 Å². The van der Waals surface area contributed by atoms with Gasteiger partial charge in [0.25, 0.3) is 0 Å². The van der Waals surface area contributed by atoms with Crippen molar-refractivity contribution in [2.75, 3.05) is 5.75 Å². The predicted molar refractivity (Wildman–Crippen MR) is 79.9 cm³/mol. The van der Waals surface area contributed by atoms with Crippen molar-refractivity contribution < 1.29 is 8.42 Å². The number of rotatable bonds is 5. The summed E-state index contributed by atoms with van der Waals surface area (Å²) in [4.78, 5) is 0.405. The Morgan fingerprint density at radius 2 is 1.68 bits per heavy atom. The molecule has 0 aliphatic rings. The molecule has 108 valence electrons. The summed E-state index contributed by atoms with van der Waals surface area (Å²) in [5, 5.41) is 3.46. The van der Waals surface area contributed by atoms with Crippen LogP contribution in [0.25, 0.3) is 0 Å². The molecule has 0 amide bonds. The lowest BCUT2D eigenvalue weighted by Gasteiger charge is -2.28. The highest BCUT2D eigenvalue weighted by atomic mass is 32.2. The Kier molecular flexibility index (Phi) is 5.16. The molecule has 0 heterocycles. The van der Waals surface area contributed by atoms with Gasteiger partial charge in [0.1, 0.15) is 0 Å². The molecule has 3 nitrogen and oxygen atoms in total. The molecular formula is C15H25NO2S. The van der Waals surface area contributed by atoms with Crippen LogP contribution in [-0.4, -0.2) is 20.2 Å². The number of benzene rings is 1. The molecule has 1 N–H and O–H groups in total. The van der Waals surface area contributed by atoms with Crippen molar-refractivity contribution in [3.8, 4) is 0 Å². The molecule has 1 aromatic carbocycles. The summed E-state index contributed by atoms with van der Waals surface area (Å²) in [7, 11) is -3.09. The zero-order valence-corrected chi connectivity index (χ0v) is 13.3. The fraction of sp³-hybridized carbons (Fsp3) is 0.600. The van der Waals surface area contributed by atoms with Gasteiger partial charge in [0, 0.05) is 12.6 Å². The van der Waals surface area contributed by atoms with E-state index in [2.05, 4.69) is 33.0 Å². The Labute approximate surface area is 117 Å². The lowest BCUT2D eigenvalue weighted by atomic mass is 9.88. The van der Waals surface area contributed by atoms with Gasteiger partial charge in [0.2, 0.25) is 0 Å². The highest BCUT2D eigenvalue weighted by Gasteiger charge is 2.19. The summed E-state index contributed by atoms with van der Waals surface area (Å²) in [6.45, 7) is 11.2. The zero-order valence-electron chi connectivity index (χ0n) is 12.5. The fourth-order valence-corrected chi connectivity index (χ4v) is 2.44. The molecule has 0 aromatic heterocycles. The normalized spacial score (nSPS) is 14.4. The van der Waals surface area contributed by atoms with Crippen molar-refractivity contribution in [1.82, 2.24) is 5.32 Å². The van der Waals surface area contributed by atoms with Crippen LogP contribution in [0.1, 0.15) is 40.2 Å². The Hall–Kier alpha value is -0.870. The molecule has 0 bridgehead atoms. The van der Waals surface area contributed by atoms with Crippen molar-refractivity contribution in [3.05, 3.63) is 29.8 Å².